The van der Waals surface area contributed by atoms with Crippen LogP contribution in [0.1, 0.15) is 29.8 Å². The van der Waals surface area contributed by atoms with E-state index in [4.69, 9.17) is 9.47 Å². The first-order valence-electron chi connectivity index (χ1n) is 7.70. The minimum Gasteiger partial charge on any atom is -0.492 e. The fraction of sp³-hybridized carbons (Fsp3) is 0.278. The molecule has 3 rings (SSSR count). The molecule has 0 saturated heterocycles. The molecule has 2 aromatic carbocycles. The van der Waals surface area contributed by atoms with Crippen LogP contribution < -0.4 is 14.8 Å². The van der Waals surface area contributed by atoms with Crippen molar-refractivity contribution >= 4 is 11.6 Å². The van der Waals surface area contributed by atoms with E-state index in [1.165, 1.54) is 0 Å². The van der Waals surface area contributed by atoms with Gasteiger partial charge in [-0.2, -0.15) is 0 Å². The Morgan fingerprint density at radius 2 is 2.12 bits per heavy atom. The molecule has 0 spiro atoms. The lowest BCUT2D eigenvalue weighted by Gasteiger charge is -2.14. The molecular weight excluding hydrogens is 316 g/mol. The Morgan fingerprint density at radius 3 is 2.83 bits per heavy atom. The van der Waals surface area contributed by atoms with Crippen molar-refractivity contribution in [3.63, 3.8) is 0 Å². The van der Waals surface area contributed by atoms with E-state index in [2.05, 4.69) is 5.32 Å². The summed E-state index contributed by atoms with van der Waals surface area (Å²) in [5, 5.41) is 2.61. The quantitative estimate of drug-likeness (QED) is 0.922. The second-order valence-corrected chi connectivity index (χ2v) is 5.60. The van der Waals surface area contributed by atoms with Crippen LogP contribution in [0.25, 0.3) is 0 Å². The van der Waals surface area contributed by atoms with Crippen LogP contribution in [0.4, 0.5) is 14.5 Å². The van der Waals surface area contributed by atoms with Gasteiger partial charge in [-0.15, -0.1) is 0 Å². The van der Waals surface area contributed by atoms with Crippen molar-refractivity contribution in [2.45, 2.75) is 26.4 Å². The third-order valence-corrected chi connectivity index (χ3v) is 3.72. The molecule has 4 nitrogen and oxygen atoms in total. The van der Waals surface area contributed by atoms with Gasteiger partial charge < -0.3 is 14.8 Å². The summed E-state index contributed by atoms with van der Waals surface area (Å²) < 4.78 is 38.0. The fourth-order valence-electron chi connectivity index (χ4n) is 2.68. The van der Waals surface area contributed by atoms with E-state index in [0.29, 0.717) is 29.9 Å². The molecule has 24 heavy (non-hydrogen) atoms. The molecule has 0 radical (unpaired) electrons. The maximum absolute atomic E-state index is 13.8. The number of nitrogens with one attached hydrogen (secondary N) is 1. The maximum Gasteiger partial charge on any atom is 0.258 e. The number of halogens is 2. The van der Waals surface area contributed by atoms with Gasteiger partial charge in [0.2, 0.25) is 0 Å². The van der Waals surface area contributed by atoms with Gasteiger partial charge >= 0.3 is 0 Å². The van der Waals surface area contributed by atoms with Crippen molar-refractivity contribution in [3.05, 3.63) is 53.1 Å². The highest BCUT2D eigenvalue weighted by Crippen LogP contribution is 2.38. The van der Waals surface area contributed by atoms with Crippen LogP contribution in [0.2, 0.25) is 0 Å². The Kier molecular flexibility index (Phi) is 4.38. The minimum atomic E-state index is -0.920. The van der Waals surface area contributed by atoms with Crippen molar-refractivity contribution in [2.75, 3.05) is 11.9 Å². The number of anilines is 1. The van der Waals surface area contributed by atoms with Gasteiger partial charge in [0.25, 0.3) is 5.91 Å². The summed E-state index contributed by atoms with van der Waals surface area (Å²) >= 11 is 0. The molecule has 1 amide bonds. The van der Waals surface area contributed by atoms with Crippen LogP contribution in [-0.4, -0.2) is 18.6 Å². The molecule has 1 aliphatic rings. The molecule has 1 N–H and O–H groups in total. The van der Waals surface area contributed by atoms with Crippen molar-refractivity contribution in [3.8, 4) is 11.5 Å². The zero-order valence-electron chi connectivity index (χ0n) is 13.4. The highest BCUT2D eigenvalue weighted by Gasteiger charge is 2.23. The Hall–Kier alpha value is -2.63. The van der Waals surface area contributed by atoms with Crippen molar-refractivity contribution in [2.24, 2.45) is 0 Å². The molecule has 1 atom stereocenters. The van der Waals surface area contributed by atoms with Crippen LogP contribution >= 0.6 is 0 Å². The molecule has 1 heterocycles. The molecule has 0 saturated carbocycles. The number of hydrogen-bond acceptors (Lipinski definition) is 3. The molecule has 0 aromatic heterocycles. The Morgan fingerprint density at radius 1 is 1.33 bits per heavy atom. The number of hydrogen-bond donors (Lipinski definition) is 1. The predicted octanol–water partition coefficient (Wildman–Crippen LogP) is 3.94. The van der Waals surface area contributed by atoms with Gasteiger partial charge in [0, 0.05) is 24.1 Å². The number of rotatable bonds is 4. The normalized spacial score (nSPS) is 15.6. The lowest BCUT2D eigenvalue weighted by molar-refractivity contribution is 0.102. The Labute approximate surface area is 138 Å². The first-order chi connectivity index (χ1) is 11.5. The molecule has 0 bridgehead atoms. The van der Waals surface area contributed by atoms with Crippen molar-refractivity contribution in [1.82, 2.24) is 0 Å². The first kappa shape index (κ1) is 16.2. The third kappa shape index (κ3) is 3.18. The molecule has 6 heteroatoms. The molecule has 126 valence electrons. The van der Waals surface area contributed by atoms with Gasteiger partial charge in [-0.05, 0) is 32.0 Å². The number of amides is 1. The predicted molar refractivity (Wildman–Crippen MR) is 85.7 cm³/mol. The fourth-order valence-corrected chi connectivity index (χ4v) is 2.68. The molecule has 0 unspecified atom stereocenters. The third-order valence-electron chi connectivity index (χ3n) is 3.72. The standard InChI is InChI=1S/C18H17F2NO3/c1-3-23-17-7-11-6-10(2)24-16(11)9-15(17)21-18(22)13-5-4-12(19)8-14(13)20/h4-5,7-10H,3,6H2,1-2H3,(H,21,22)/t10-/m0/s1. The first-order valence-corrected chi connectivity index (χ1v) is 7.70. The highest BCUT2D eigenvalue weighted by molar-refractivity contribution is 6.05. The summed E-state index contributed by atoms with van der Waals surface area (Å²) in [7, 11) is 0. The van der Waals surface area contributed by atoms with E-state index in [9.17, 15) is 13.6 Å². The van der Waals surface area contributed by atoms with Crippen LogP contribution in [0, 0.1) is 11.6 Å². The van der Waals surface area contributed by atoms with Crippen LogP contribution in [0.15, 0.2) is 30.3 Å². The summed E-state index contributed by atoms with van der Waals surface area (Å²) in [4.78, 5) is 12.3. The van der Waals surface area contributed by atoms with E-state index in [1.54, 1.807) is 6.07 Å². The smallest absolute Gasteiger partial charge is 0.258 e. The SMILES string of the molecule is CCOc1cc2c(cc1NC(=O)c1ccc(F)cc1F)O[C@@H](C)C2. The van der Waals surface area contributed by atoms with Crippen LogP contribution in [0.5, 0.6) is 11.5 Å². The number of benzene rings is 2. The topological polar surface area (TPSA) is 47.6 Å². The van der Waals surface area contributed by atoms with Crippen LogP contribution in [-0.2, 0) is 6.42 Å². The summed E-state index contributed by atoms with van der Waals surface area (Å²) in [5.41, 5.74) is 1.14. The van der Waals surface area contributed by atoms with Gasteiger partial charge in [0.15, 0.2) is 0 Å². The number of carbonyl (C=O) groups is 1. The van der Waals surface area contributed by atoms with E-state index in [0.717, 1.165) is 24.1 Å². The Bertz CT molecular complexity index is 792. The lowest BCUT2D eigenvalue weighted by atomic mass is 10.1. The second kappa shape index (κ2) is 6.47. The van der Waals surface area contributed by atoms with Gasteiger partial charge in [0.05, 0.1) is 17.9 Å². The van der Waals surface area contributed by atoms with Gasteiger partial charge in [-0.3, -0.25) is 4.79 Å². The maximum atomic E-state index is 13.8. The second-order valence-electron chi connectivity index (χ2n) is 5.60. The summed E-state index contributed by atoms with van der Waals surface area (Å²) in [6.45, 7) is 4.20. The molecule has 0 fully saturated rings. The monoisotopic (exact) mass is 333 g/mol. The lowest BCUT2D eigenvalue weighted by Crippen LogP contribution is -2.15. The highest BCUT2D eigenvalue weighted by atomic mass is 19.1. The number of fused-ring (bicyclic) bond motifs is 1. The zero-order chi connectivity index (χ0) is 17.3. The van der Waals surface area contributed by atoms with E-state index in [-0.39, 0.29) is 11.7 Å². The summed E-state index contributed by atoms with van der Waals surface area (Å²) in [6.07, 6.45) is 0.811. The van der Waals surface area contributed by atoms with Crippen molar-refractivity contribution < 1.29 is 23.0 Å². The molecular formula is C18H17F2NO3. The van der Waals surface area contributed by atoms with Gasteiger partial charge in [0.1, 0.15) is 29.2 Å². The Balaban J connectivity index is 1.91. The average molecular weight is 333 g/mol. The largest absolute Gasteiger partial charge is 0.492 e. The van der Waals surface area contributed by atoms with E-state index >= 15 is 0 Å². The summed E-state index contributed by atoms with van der Waals surface area (Å²) in [5.74, 6) is -1.18. The average Bonchev–Trinajstić information content (AvgIpc) is 2.86. The molecule has 2 aromatic rings. The summed E-state index contributed by atoms with van der Waals surface area (Å²) in [6, 6.07) is 6.30. The number of carbonyl (C=O) groups excluding carboxylic acids is 1. The van der Waals surface area contributed by atoms with E-state index < -0.39 is 17.5 Å². The number of ether oxygens (including phenoxy) is 2. The molecule has 0 aliphatic carbocycles. The van der Waals surface area contributed by atoms with Crippen molar-refractivity contribution in [1.29, 1.82) is 0 Å². The van der Waals surface area contributed by atoms with Gasteiger partial charge in [-0.1, -0.05) is 0 Å². The minimum absolute atomic E-state index is 0.0509. The van der Waals surface area contributed by atoms with Crippen LogP contribution in [0.3, 0.4) is 0 Å². The molecule has 1 aliphatic heterocycles. The zero-order valence-corrected chi connectivity index (χ0v) is 13.4. The van der Waals surface area contributed by atoms with Gasteiger partial charge in [-0.25, -0.2) is 8.78 Å². The van der Waals surface area contributed by atoms with E-state index in [1.807, 2.05) is 19.9 Å².